The van der Waals surface area contributed by atoms with Gasteiger partial charge in [0.1, 0.15) is 0 Å². The number of rotatable bonds is 0. The summed E-state index contributed by atoms with van der Waals surface area (Å²) in [5, 5.41) is 0.786. The predicted octanol–water partition coefficient (Wildman–Crippen LogP) is 1.12. The highest BCUT2D eigenvalue weighted by molar-refractivity contribution is 7.95. The van der Waals surface area contributed by atoms with E-state index in [1.54, 1.807) is 12.1 Å². The highest BCUT2D eigenvalue weighted by atomic mass is 32.3. The summed E-state index contributed by atoms with van der Waals surface area (Å²) >= 11 is 0. The molecule has 0 unspecified atom stereocenters. The van der Waals surface area contributed by atoms with Gasteiger partial charge in [0.15, 0.2) is 11.5 Å². The van der Waals surface area contributed by atoms with Crippen LogP contribution in [0.15, 0.2) is 36.4 Å². The minimum Gasteiger partial charge on any atom is -0.360 e. The number of hydrogen-bond donors (Lipinski definition) is 0. The highest BCUT2D eigenvalue weighted by Gasteiger charge is 2.30. The van der Waals surface area contributed by atoms with Crippen LogP contribution in [0.1, 0.15) is 0 Å². The Morgan fingerprint density at radius 2 is 1.11 bits per heavy atom. The molecule has 0 atom stereocenters. The van der Waals surface area contributed by atoms with Gasteiger partial charge in [0, 0.05) is 10.8 Å². The van der Waals surface area contributed by atoms with E-state index >= 15 is 0 Å². The molecule has 2 aromatic rings. The highest BCUT2D eigenvalue weighted by Crippen LogP contribution is 2.35. The molecule has 0 fully saturated rings. The minimum atomic E-state index is -4.77. The first-order valence-electron chi connectivity index (χ1n) is 4.98. The van der Waals surface area contributed by atoms with Gasteiger partial charge in [-0.15, -0.1) is 0 Å². The summed E-state index contributed by atoms with van der Waals surface area (Å²) in [6.07, 6.45) is 0. The quantitative estimate of drug-likeness (QED) is 0.719. The first-order valence-corrected chi connectivity index (χ1v) is 7.65. The third-order valence-corrected chi connectivity index (χ3v) is 4.49. The first-order chi connectivity index (χ1) is 8.86. The largest absolute Gasteiger partial charge is 0.466 e. The Labute approximate surface area is 109 Å². The fourth-order valence-electron chi connectivity index (χ4n) is 1.75. The maximum Gasteiger partial charge on any atom is 0.466 e. The molecule has 1 aliphatic rings. The summed E-state index contributed by atoms with van der Waals surface area (Å²) in [6.45, 7) is 0. The third kappa shape index (κ3) is 2.23. The predicted molar refractivity (Wildman–Crippen MR) is 64.1 cm³/mol. The van der Waals surface area contributed by atoms with Gasteiger partial charge in [-0.05, 0) is 12.1 Å². The van der Waals surface area contributed by atoms with Crippen molar-refractivity contribution in [1.29, 1.82) is 0 Å². The Hall–Kier alpha value is -1.84. The monoisotopic (exact) mass is 302 g/mol. The van der Waals surface area contributed by atoms with E-state index in [4.69, 9.17) is 0 Å². The van der Waals surface area contributed by atoms with Crippen LogP contribution < -0.4 is 8.37 Å². The average molecular weight is 302 g/mol. The van der Waals surface area contributed by atoms with E-state index in [0.717, 1.165) is 0 Å². The van der Waals surface area contributed by atoms with E-state index in [9.17, 15) is 16.8 Å². The fourth-order valence-corrected chi connectivity index (χ4v) is 3.52. The fraction of sp³-hybridized carbons (Fsp3) is 0. The van der Waals surface area contributed by atoms with E-state index < -0.39 is 20.8 Å². The summed E-state index contributed by atoms with van der Waals surface area (Å²) < 4.78 is 58.9. The SMILES string of the molecule is O=S1(=O)Oc2cccc3c(cccc23)OS(=O)(=O)O1. The molecule has 0 saturated carbocycles. The molecule has 2 aromatic carbocycles. The van der Waals surface area contributed by atoms with Crippen LogP contribution in [0.25, 0.3) is 10.8 Å². The van der Waals surface area contributed by atoms with Crippen molar-refractivity contribution in [3.63, 3.8) is 0 Å². The van der Waals surface area contributed by atoms with Crippen molar-refractivity contribution in [2.45, 2.75) is 0 Å². The van der Waals surface area contributed by atoms with E-state index in [-0.39, 0.29) is 11.5 Å². The van der Waals surface area contributed by atoms with Gasteiger partial charge in [0.2, 0.25) is 0 Å². The van der Waals surface area contributed by atoms with Crippen LogP contribution in [0.3, 0.4) is 0 Å². The smallest absolute Gasteiger partial charge is 0.360 e. The average Bonchev–Trinajstić information content (AvgIpc) is 2.28. The van der Waals surface area contributed by atoms with Crippen LogP contribution in [0.4, 0.5) is 0 Å². The summed E-state index contributed by atoms with van der Waals surface area (Å²) in [4.78, 5) is 0. The topological polar surface area (TPSA) is 96.0 Å². The standard InChI is InChI=1S/C10H6O7S2/c11-18(12)15-9-5-1-3-7-8(9)4-2-6-10(7)16-19(13,14)17-18/h1-6H. The number of benzene rings is 2. The molecule has 4 bridgehead atoms. The van der Waals surface area contributed by atoms with E-state index in [2.05, 4.69) is 12.0 Å². The molecular weight excluding hydrogens is 296 g/mol. The molecule has 3 rings (SSSR count). The van der Waals surface area contributed by atoms with Crippen molar-refractivity contribution in [3.05, 3.63) is 36.4 Å². The maximum absolute atomic E-state index is 11.4. The normalized spacial score (nSPS) is 19.8. The van der Waals surface area contributed by atoms with E-state index in [1.165, 1.54) is 24.3 Å². The van der Waals surface area contributed by atoms with Gasteiger partial charge in [-0.1, -0.05) is 27.9 Å². The zero-order valence-electron chi connectivity index (χ0n) is 9.14. The molecule has 0 aliphatic carbocycles. The summed E-state index contributed by atoms with van der Waals surface area (Å²) in [5.74, 6) is -0.0832. The Kier molecular flexibility index (Phi) is 2.46. The van der Waals surface area contributed by atoms with Gasteiger partial charge in [0.25, 0.3) is 0 Å². The van der Waals surface area contributed by atoms with E-state index in [1.807, 2.05) is 0 Å². The third-order valence-electron chi connectivity index (χ3n) is 2.39. The molecule has 7 nitrogen and oxygen atoms in total. The van der Waals surface area contributed by atoms with Gasteiger partial charge in [-0.25, -0.2) is 0 Å². The van der Waals surface area contributed by atoms with Gasteiger partial charge >= 0.3 is 20.8 Å². The molecule has 0 amide bonds. The molecule has 1 heterocycles. The van der Waals surface area contributed by atoms with Gasteiger partial charge in [-0.3, -0.25) is 0 Å². The second kappa shape index (κ2) is 3.83. The lowest BCUT2D eigenvalue weighted by molar-refractivity contribution is 0.354. The second-order valence-electron chi connectivity index (χ2n) is 3.66. The van der Waals surface area contributed by atoms with Crippen LogP contribution in [-0.2, 0) is 24.4 Å². The Morgan fingerprint density at radius 3 is 1.53 bits per heavy atom. The van der Waals surface area contributed by atoms with Crippen LogP contribution >= 0.6 is 0 Å². The van der Waals surface area contributed by atoms with Crippen LogP contribution in [0.5, 0.6) is 11.5 Å². The van der Waals surface area contributed by atoms with Gasteiger partial charge in [-0.2, -0.15) is 16.8 Å². The second-order valence-corrected chi connectivity index (χ2v) is 6.17. The van der Waals surface area contributed by atoms with Crippen LogP contribution in [0, 0.1) is 0 Å². The molecule has 19 heavy (non-hydrogen) atoms. The molecule has 1 aliphatic heterocycles. The van der Waals surface area contributed by atoms with Crippen molar-refractivity contribution in [3.8, 4) is 11.5 Å². The number of hydrogen-bond acceptors (Lipinski definition) is 7. The lowest BCUT2D eigenvalue weighted by Gasteiger charge is -2.05. The Morgan fingerprint density at radius 1 is 0.684 bits per heavy atom. The Balaban J connectivity index is 2.40. The first kappa shape index (κ1) is 12.2. The lowest BCUT2D eigenvalue weighted by Crippen LogP contribution is -2.21. The van der Waals surface area contributed by atoms with Crippen molar-refractivity contribution >= 4 is 31.6 Å². The molecule has 0 radical (unpaired) electrons. The molecule has 0 aromatic heterocycles. The summed E-state index contributed by atoms with van der Waals surface area (Å²) in [7, 11) is -9.55. The van der Waals surface area contributed by atoms with Crippen LogP contribution in [-0.4, -0.2) is 16.8 Å². The molecule has 0 saturated heterocycles. The minimum absolute atomic E-state index is 0.0416. The zero-order valence-corrected chi connectivity index (χ0v) is 10.8. The van der Waals surface area contributed by atoms with Gasteiger partial charge < -0.3 is 8.37 Å². The van der Waals surface area contributed by atoms with Crippen molar-refractivity contribution in [1.82, 2.24) is 0 Å². The Bertz CT molecular complexity index is 795. The van der Waals surface area contributed by atoms with Crippen molar-refractivity contribution in [2.75, 3.05) is 0 Å². The summed E-state index contributed by atoms with van der Waals surface area (Å²) in [6, 6.07) is 8.93. The summed E-state index contributed by atoms with van der Waals surface area (Å²) in [5.41, 5.74) is 0. The molecule has 100 valence electrons. The zero-order chi connectivity index (χ0) is 13.7. The molecule has 0 spiro atoms. The molecule has 9 heteroatoms. The van der Waals surface area contributed by atoms with Crippen molar-refractivity contribution in [2.24, 2.45) is 0 Å². The van der Waals surface area contributed by atoms with Crippen molar-refractivity contribution < 1.29 is 28.8 Å². The van der Waals surface area contributed by atoms with E-state index in [0.29, 0.717) is 10.8 Å². The van der Waals surface area contributed by atoms with Gasteiger partial charge in [0.05, 0.1) is 0 Å². The molecule has 0 N–H and O–H groups in total. The van der Waals surface area contributed by atoms with Crippen LogP contribution in [0.2, 0.25) is 0 Å². The molecular formula is C10H6O7S2. The lowest BCUT2D eigenvalue weighted by atomic mass is 10.1. The maximum atomic E-state index is 11.4.